The van der Waals surface area contributed by atoms with Crippen molar-refractivity contribution in [3.63, 3.8) is 0 Å². The molecular weight excluding hydrogens is 460 g/mol. The second kappa shape index (κ2) is 9.48. The molecule has 0 aliphatic carbocycles. The molecule has 1 aromatic heterocycles. The molecule has 1 heterocycles. The summed E-state index contributed by atoms with van der Waals surface area (Å²) in [7, 11) is -3.78. The first-order chi connectivity index (χ1) is 15.8. The van der Waals surface area contributed by atoms with Crippen molar-refractivity contribution in [2.45, 2.75) is 18.4 Å². The van der Waals surface area contributed by atoms with Crippen molar-refractivity contribution in [1.29, 1.82) is 0 Å². The van der Waals surface area contributed by atoms with Crippen LogP contribution in [0.4, 0.5) is 5.69 Å². The number of anilines is 1. The molecule has 4 rings (SSSR count). The van der Waals surface area contributed by atoms with Gasteiger partial charge < -0.3 is 9.88 Å². The third-order valence-corrected chi connectivity index (χ3v) is 6.72. The molecule has 4 aromatic rings. The van der Waals surface area contributed by atoms with E-state index < -0.39 is 10.0 Å². The molecular formula is C24H21ClN4O3S. The summed E-state index contributed by atoms with van der Waals surface area (Å²) in [5, 5.41) is 2.97. The number of carbonyl (C=O) groups is 1. The molecule has 9 heteroatoms. The number of aromatic nitrogens is 2. The van der Waals surface area contributed by atoms with Crippen LogP contribution in [0, 0.1) is 6.92 Å². The summed E-state index contributed by atoms with van der Waals surface area (Å²) < 4.78 is 29.4. The zero-order valence-corrected chi connectivity index (χ0v) is 19.3. The van der Waals surface area contributed by atoms with Gasteiger partial charge in [0.25, 0.3) is 15.9 Å². The summed E-state index contributed by atoms with van der Waals surface area (Å²) in [6.07, 6.45) is 3.63. The fraction of sp³-hybridized carbons (Fsp3) is 0.0833. The van der Waals surface area contributed by atoms with Gasteiger partial charge >= 0.3 is 0 Å². The molecule has 0 spiro atoms. The normalized spacial score (nSPS) is 11.2. The molecule has 0 fully saturated rings. The van der Waals surface area contributed by atoms with Gasteiger partial charge in [0, 0.05) is 30.2 Å². The summed E-state index contributed by atoms with van der Waals surface area (Å²) in [4.78, 5) is 16.9. The largest absolute Gasteiger partial charge is 0.348 e. The van der Waals surface area contributed by atoms with Crippen LogP contribution in [0.15, 0.2) is 90.1 Å². The molecule has 0 aliphatic heterocycles. The maximum atomic E-state index is 12.6. The van der Waals surface area contributed by atoms with Crippen LogP contribution in [0.3, 0.4) is 0 Å². The monoisotopic (exact) mass is 480 g/mol. The van der Waals surface area contributed by atoms with Gasteiger partial charge in [-0.25, -0.2) is 13.4 Å². The van der Waals surface area contributed by atoms with E-state index in [0.717, 1.165) is 17.1 Å². The highest BCUT2D eigenvalue weighted by atomic mass is 35.5. The Morgan fingerprint density at radius 2 is 1.76 bits per heavy atom. The van der Waals surface area contributed by atoms with Gasteiger partial charge in [-0.3, -0.25) is 9.52 Å². The first kappa shape index (κ1) is 22.6. The lowest BCUT2D eigenvalue weighted by atomic mass is 10.1. The Kier molecular flexibility index (Phi) is 6.48. The predicted molar refractivity (Wildman–Crippen MR) is 128 cm³/mol. The van der Waals surface area contributed by atoms with Crippen molar-refractivity contribution in [1.82, 2.24) is 14.9 Å². The number of carbonyl (C=O) groups excluding carboxylic acids is 1. The number of nitrogens with one attached hydrogen (secondary N) is 2. The highest BCUT2D eigenvalue weighted by Gasteiger charge is 2.16. The van der Waals surface area contributed by atoms with E-state index in [0.29, 0.717) is 12.1 Å². The molecule has 1 amide bonds. The Morgan fingerprint density at radius 3 is 2.39 bits per heavy atom. The van der Waals surface area contributed by atoms with E-state index in [2.05, 4.69) is 15.0 Å². The number of sulfonamides is 1. The summed E-state index contributed by atoms with van der Waals surface area (Å²) in [5.74, 6) is 0.575. The Hall–Kier alpha value is -3.62. The van der Waals surface area contributed by atoms with Crippen LogP contribution in [0.25, 0.3) is 5.69 Å². The van der Waals surface area contributed by atoms with Gasteiger partial charge in [0.15, 0.2) is 0 Å². The Bertz CT molecular complexity index is 1380. The fourth-order valence-corrected chi connectivity index (χ4v) is 4.64. The Balaban J connectivity index is 1.40. The Labute approximate surface area is 197 Å². The summed E-state index contributed by atoms with van der Waals surface area (Å²) in [6, 6.07) is 20.2. The van der Waals surface area contributed by atoms with Crippen LogP contribution in [0.5, 0.6) is 0 Å². The summed E-state index contributed by atoms with van der Waals surface area (Å²) in [5.41, 5.74) is 2.44. The first-order valence-electron chi connectivity index (χ1n) is 10.1. The Morgan fingerprint density at radius 1 is 1.03 bits per heavy atom. The van der Waals surface area contributed by atoms with E-state index in [4.69, 9.17) is 11.6 Å². The number of benzene rings is 3. The average Bonchev–Trinajstić information content (AvgIpc) is 3.25. The minimum atomic E-state index is -3.78. The van der Waals surface area contributed by atoms with Gasteiger partial charge in [-0.1, -0.05) is 41.9 Å². The van der Waals surface area contributed by atoms with Crippen molar-refractivity contribution >= 4 is 33.2 Å². The number of rotatable bonds is 7. The van der Waals surface area contributed by atoms with E-state index in [1.807, 2.05) is 42.0 Å². The SMILES string of the molecule is Cc1nccn1-c1ccc(CNC(=O)c2ccc(NS(=O)(=O)c3ccccc3)c(Cl)c2)cc1. The predicted octanol–water partition coefficient (Wildman–Crippen LogP) is 4.56. The topological polar surface area (TPSA) is 93.1 Å². The van der Waals surface area contributed by atoms with Gasteiger partial charge in [0.2, 0.25) is 0 Å². The molecule has 0 atom stereocenters. The molecule has 0 unspecified atom stereocenters. The molecule has 168 valence electrons. The maximum absolute atomic E-state index is 12.6. The van der Waals surface area contributed by atoms with E-state index in [1.165, 1.54) is 30.3 Å². The molecule has 0 aliphatic rings. The highest BCUT2D eigenvalue weighted by Crippen LogP contribution is 2.26. The van der Waals surface area contributed by atoms with E-state index in [9.17, 15) is 13.2 Å². The number of imidazole rings is 1. The van der Waals surface area contributed by atoms with Gasteiger partial charge in [-0.15, -0.1) is 0 Å². The summed E-state index contributed by atoms with van der Waals surface area (Å²) >= 11 is 6.25. The zero-order valence-electron chi connectivity index (χ0n) is 17.7. The lowest BCUT2D eigenvalue weighted by molar-refractivity contribution is 0.0951. The third kappa shape index (κ3) is 5.24. The molecule has 0 saturated heterocycles. The van der Waals surface area contributed by atoms with Crippen molar-refractivity contribution < 1.29 is 13.2 Å². The number of hydrogen-bond acceptors (Lipinski definition) is 4. The van der Waals surface area contributed by atoms with Gasteiger partial charge in [0.05, 0.1) is 15.6 Å². The smallest absolute Gasteiger partial charge is 0.261 e. The molecule has 3 aromatic carbocycles. The van der Waals surface area contributed by atoms with E-state index in [-0.39, 0.29) is 21.5 Å². The van der Waals surface area contributed by atoms with Crippen LogP contribution in [0.1, 0.15) is 21.7 Å². The van der Waals surface area contributed by atoms with Crippen molar-refractivity contribution in [3.8, 4) is 5.69 Å². The van der Waals surface area contributed by atoms with Crippen LogP contribution in [-0.4, -0.2) is 23.9 Å². The van der Waals surface area contributed by atoms with Crippen LogP contribution >= 0.6 is 11.6 Å². The number of nitrogens with zero attached hydrogens (tertiary/aromatic N) is 2. The lowest BCUT2D eigenvalue weighted by Crippen LogP contribution is -2.23. The van der Waals surface area contributed by atoms with Crippen LogP contribution in [-0.2, 0) is 16.6 Å². The number of hydrogen-bond donors (Lipinski definition) is 2. The molecule has 7 nitrogen and oxygen atoms in total. The minimum Gasteiger partial charge on any atom is -0.348 e. The maximum Gasteiger partial charge on any atom is 0.261 e. The van der Waals surface area contributed by atoms with E-state index in [1.54, 1.807) is 24.4 Å². The zero-order chi connectivity index (χ0) is 23.4. The van der Waals surface area contributed by atoms with Crippen molar-refractivity contribution in [2.24, 2.45) is 0 Å². The summed E-state index contributed by atoms with van der Waals surface area (Å²) in [6.45, 7) is 2.26. The molecule has 33 heavy (non-hydrogen) atoms. The quantitative estimate of drug-likeness (QED) is 0.405. The van der Waals surface area contributed by atoms with Crippen LogP contribution < -0.4 is 10.0 Å². The second-order valence-corrected chi connectivity index (χ2v) is 9.40. The molecule has 2 N–H and O–H groups in total. The molecule has 0 bridgehead atoms. The average molecular weight is 481 g/mol. The van der Waals surface area contributed by atoms with Crippen molar-refractivity contribution in [2.75, 3.05) is 4.72 Å². The minimum absolute atomic E-state index is 0.122. The number of halogens is 1. The fourth-order valence-electron chi connectivity index (χ4n) is 3.25. The first-order valence-corrected chi connectivity index (χ1v) is 11.9. The standard InChI is InChI=1S/C24H21ClN4O3S/c1-17-26-13-14-29(17)20-10-7-18(8-11-20)16-27-24(30)19-9-12-23(22(25)15-19)28-33(31,32)21-5-3-2-4-6-21/h2-15,28H,16H2,1H3,(H,27,30). The lowest BCUT2D eigenvalue weighted by Gasteiger charge is -2.11. The number of amides is 1. The number of aryl methyl sites for hydroxylation is 1. The van der Waals surface area contributed by atoms with Gasteiger partial charge in [-0.05, 0) is 55.0 Å². The highest BCUT2D eigenvalue weighted by molar-refractivity contribution is 7.92. The van der Waals surface area contributed by atoms with Gasteiger partial charge in [0.1, 0.15) is 5.82 Å². The third-order valence-electron chi connectivity index (χ3n) is 5.02. The second-order valence-electron chi connectivity index (χ2n) is 7.31. The van der Waals surface area contributed by atoms with Gasteiger partial charge in [-0.2, -0.15) is 0 Å². The van der Waals surface area contributed by atoms with E-state index >= 15 is 0 Å². The van der Waals surface area contributed by atoms with Crippen molar-refractivity contribution in [3.05, 3.63) is 107 Å². The van der Waals surface area contributed by atoms with Crippen LogP contribution in [0.2, 0.25) is 5.02 Å². The molecule has 0 saturated carbocycles. The molecule has 0 radical (unpaired) electrons.